The first-order chi connectivity index (χ1) is 14.1. The maximum absolute atomic E-state index is 14.0. The number of aliphatic hydroxyl groups excluding tert-OH is 1. The van der Waals surface area contributed by atoms with Crippen molar-refractivity contribution in [3.05, 3.63) is 72.8 Å². The van der Waals surface area contributed by atoms with Crippen LogP contribution in [-0.4, -0.2) is 45.4 Å². The summed E-state index contributed by atoms with van der Waals surface area (Å²) in [4.78, 5) is 0. The van der Waals surface area contributed by atoms with Crippen molar-refractivity contribution in [1.82, 2.24) is 14.8 Å². The van der Waals surface area contributed by atoms with E-state index in [4.69, 9.17) is 9.47 Å². The second-order valence-corrected chi connectivity index (χ2v) is 7.18. The molecule has 1 N–H and O–H groups in total. The summed E-state index contributed by atoms with van der Waals surface area (Å²) in [5.74, 6) is 1.09. The number of thioether (sulfide) groups is 1. The second-order valence-electron chi connectivity index (χ2n) is 6.19. The summed E-state index contributed by atoms with van der Waals surface area (Å²) in [6.07, 6.45) is 3.23. The van der Waals surface area contributed by atoms with Gasteiger partial charge in [0.05, 0.1) is 18.9 Å². The molecule has 1 aromatic heterocycles. The topological polar surface area (TPSA) is 69.4 Å². The first-order valence-electron chi connectivity index (χ1n) is 8.98. The molecule has 3 rings (SSSR count). The zero-order chi connectivity index (χ0) is 20.6. The van der Waals surface area contributed by atoms with Crippen molar-refractivity contribution < 1.29 is 19.0 Å². The van der Waals surface area contributed by atoms with E-state index in [0.717, 1.165) is 12.0 Å². The van der Waals surface area contributed by atoms with Gasteiger partial charge in [-0.3, -0.25) is 4.57 Å². The van der Waals surface area contributed by atoms with Crippen LogP contribution in [0.5, 0.6) is 11.5 Å². The van der Waals surface area contributed by atoms with Crippen LogP contribution in [-0.2, 0) is 6.42 Å². The average molecular weight is 415 g/mol. The molecule has 1 atom stereocenters. The van der Waals surface area contributed by atoms with Crippen molar-refractivity contribution >= 4 is 11.8 Å². The number of allylic oxidation sites excluding steroid dienone is 1. The Kier molecular flexibility index (Phi) is 7.26. The molecule has 0 aliphatic carbocycles. The smallest absolute Gasteiger partial charge is 0.195 e. The minimum absolute atomic E-state index is 0.0813. The predicted octanol–water partition coefficient (Wildman–Crippen LogP) is 3.68. The largest absolute Gasteiger partial charge is 0.493 e. The van der Waals surface area contributed by atoms with Gasteiger partial charge in [0.2, 0.25) is 0 Å². The average Bonchev–Trinajstić information content (AvgIpc) is 3.20. The van der Waals surface area contributed by atoms with Crippen LogP contribution in [0.25, 0.3) is 5.69 Å². The highest BCUT2D eigenvalue weighted by Crippen LogP contribution is 2.29. The molecule has 3 aromatic rings. The molecule has 0 amide bonds. The predicted molar refractivity (Wildman–Crippen MR) is 110 cm³/mol. The minimum atomic E-state index is -0.761. The Bertz CT molecular complexity index is 964. The molecule has 1 heterocycles. The number of rotatable bonds is 10. The number of ether oxygens (including phenoxy) is 2. The molecular formula is C21H22FN3O3S. The monoisotopic (exact) mass is 415 g/mol. The van der Waals surface area contributed by atoms with Crippen LogP contribution in [0, 0.1) is 5.82 Å². The van der Waals surface area contributed by atoms with Gasteiger partial charge in [-0.05, 0) is 36.2 Å². The summed E-state index contributed by atoms with van der Waals surface area (Å²) in [5.41, 5.74) is 1.42. The van der Waals surface area contributed by atoms with Gasteiger partial charge in [-0.2, -0.15) is 0 Å². The third kappa shape index (κ3) is 5.36. The molecule has 6 nitrogen and oxygen atoms in total. The molecule has 152 valence electrons. The van der Waals surface area contributed by atoms with Crippen LogP contribution < -0.4 is 9.47 Å². The van der Waals surface area contributed by atoms with Crippen molar-refractivity contribution in [3.63, 3.8) is 0 Å². The Morgan fingerprint density at radius 1 is 1.28 bits per heavy atom. The van der Waals surface area contributed by atoms with E-state index in [1.54, 1.807) is 29.9 Å². The van der Waals surface area contributed by atoms with Gasteiger partial charge >= 0.3 is 0 Å². The van der Waals surface area contributed by atoms with Gasteiger partial charge in [0.15, 0.2) is 16.7 Å². The standard InChI is InChI=1S/C21H22FN3O3S/c1-3-6-15-9-10-19(20(11-15)27-2)28-12-16(26)13-29-21-24-23-14-25(21)18-8-5-4-7-17(18)22/h3-5,7-11,14,16,26H,1,6,12-13H2,2H3. The number of benzene rings is 2. The lowest BCUT2D eigenvalue weighted by Crippen LogP contribution is -2.20. The molecule has 0 aliphatic rings. The van der Waals surface area contributed by atoms with Crippen molar-refractivity contribution in [2.75, 3.05) is 19.5 Å². The van der Waals surface area contributed by atoms with E-state index in [2.05, 4.69) is 16.8 Å². The molecule has 0 saturated carbocycles. The van der Waals surface area contributed by atoms with Gasteiger partial charge in [0.1, 0.15) is 18.8 Å². The van der Waals surface area contributed by atoms with Crippen molar-refractivity contribution in [2.45, 2.75) is 17.7 Å². The molecule has 0 saturated heterocycles. The molecule has 0 radical (unpaired) electrons. The van der Waals surface area contributed by atoms with Gasteiger partial charge in [-0.25, -0.2) is 4.39 Å². The Morgan fingerprint density at radius 3 is 2.86 bits per heavy atom. The van der Waals surface area contributed by atoms with Crippen LogP contribution in [0.1, 0.15) is 5.56 Å². The molecular weight excluding hydrogens is 393 g/mol. The molecule has 8 heteroatoms. The highest BCUT2D eigenvalue weighted by molar-refractivity contribution is 7.99. The number of hydrogen-bond donors (Lipinski definition) is 1. The molecule has 0 fully saturated rings. The van der Waals surface area contributed by atoms with E-state index in [9.17, 15) is 9.50 Å². The molecule has 0 bridgehead atoms. The van der Waals surface area contributed by atoms with E-state index >= 15 is 0 Å². The molecule has 0 spiro atoms. The minimum Gasteiger partial charge on any atom is -0.493 e. The lowest BCUT2D eigenvalue weighted by molar-refractivity contribution is 0.124. The van der Waals surface area contributed by atoms with Crippen molar-refractivity contribution in [1.29, 1.82) is 0 Å². The van der Waals surface area contributed by atoms with Gasteiger partial charge < -0.3 is 14.6 Å². The maximum atomic E-state index is 14.0. The number of nitrogens with zero attached hydrogens (tertiary/aromatic N) is 3. The Morgan fingerprint density at radius 2 is 2.10 bits per heavy atom. The highest BCUT2D eigenvalue weighted by Gasteiger charge is 2.14. The van der Waals surface area contributed by atoms with E-state index < -0.39 is 6.10 Å². The van der Waals surface area contributed by atoms with Crippen LogP contribution >= 0.6 is 11.8 Å². The summed E-state index contributed by atoms with van der Waals surface area (Å²) in [7, 11) is 1.57. The van der Waals surface area contributed by atoms with E-state index in [-0.39, 0.29) is 12.4 Å². The Labute approximate surface area is 173 Å². The van der Waals surface area contributed by atoms with E-state index in [1.807, 2.05) is 24.3 Å². The van der Waals surface area contributed by atoms with Gasteiger partial charge in [0.25, 0.3) is 0 Å². The molecule has 2 aromatic carbocycles. The van der Waals surface area contributed by atoms with Gasteiger partial charge in [-0.15, -0.1) is 16.8 Å². The number of aromatic nitrogens is 3. The lowest BCUT2D eigenvalue weighted by Gasteiger charge is -2.15. The number of hydrogen-bond acceptors (Lipinski definition) is 6. The fourth-order valence-corrected chi connectivity index (χ4v) is 3.49. The fraction of sp³-hybridized carbons (Fsp3) is 0.238. The van der Waals surface area contributed by atoms with Gasteiger partial charge in [-0.1, -0.05) is 36.0 Å². The first-order valence-corrected chi connectivity index (χ1v) is 9.97. The SMILES string of the molecule is C=CCc1ccc(OCC(O)CSc2nncn2-c2ccccc2F)c(OC)c1. The quantitative estimate of drug-likeness (QED) is 0.402. The Balaban J connectivity index is 1.58. The third-order valence-corrected chi connectivity index (χ3v) is 5.16. The van der Waals surface area contributed by atoms with Gasteiger partial charge in [0, 0.05) is 5.75 Å². The lowest BCUT2D eigenvalue weighted by atomic mass is 10.1. The second kappa shape index (κ2) is 10.1. The van der Waals surface area contributed by atoms with Crippen LogP contribution in [0.15, 0.2) is 66.6 Å². The summed E-state index contributed by atoms with van der Waals surface area (Å²) >= 11 is 1.27. The van der Waals surface area contributed by atoms with E-state index in [1.165, 1.54) is 24.2 Å². The molecule has 1 unspecified atom stereocenters. The first kappa shape index (κ1) is 20.9. The number of aliphatic hydroxyl groups is 1. The Hall–Kier alpha value is -2.84. The van der Waals surface area contributed by atoms with Crippen molar-refractivity contribution in [3.8, 4) is 17.2 Å². The third-order valence-electron chi connectivity index (χ3n) is 4.07. The normalized spacial score (nSPS) is 11.8. The number of para-hydroxylation sites is 1. The summed E-state index contributed by atoms with van der Waals surface area (Å²) in [5, 5.41) is 18.6. The van der Waals surface area contributed by atoms with Crippen LogP contribution in [0.4, 0.5) is 4.39 Å². The number of halogens is 1. The zero-order valence-electron chi connectivity index (χ0n) is 16.0. The van der Waals surface area contributed by atoms with Crippen LogP contribution in [0.3, 0.4) is 0 Å². The summed E-state index contributed by atoms with van der Waals surface area (Å²) < 4.78 is 26.6. The molecule has 0 aliphatic heterocycles. The van der Waals surface area contributed by atoms with Crippen LogP contribution in [0.2, 0.25) is 0 Å². The van der Waals surface area contributed by atoms with E-state index in [0.29, 0.717) is 28.1 Å². The number of methoxy groups -OCH3 is 1. The highest BCUT2D eigenvalue weighted by atomic mass is 32.2. The zero-order valence-corrected chi connectivity index (χ0v) is 16.8. The summed E-state index contributed by atoms with van der Waals surface area (Å²) in [6.45, 7) is 3.81. The molecule has 29 heavy (non-hydrogen) atoms. The summed E-state index contributed by atoms with van der Waals surface area (Å²) in [6, 6.07) is 12.0. The fourth-order valence-electron chi connectivity index (χ4n) is 2.66. The van der Waals surface area contributed by atoms with Crippen molar-refractivity contribution in [2.24, 2.45) is 0 Å². The maximum Gasteiger partial charge on any atom is 0.195 e.